The summed E-state index contributed by atoms with van der Waals surface area (Å²) < 4.78 is 9.72. The van der Waals surface area contributed by atoms with Gasteiger partial charge in [-0.15, -0.1) is 0 Å². The van der Waals surface area contributed by atoms with E-state index in [9.17, 15) is 4.79 Å². The Kier molecular flexibility index (Phi) is 4.09. The van der Waals surface area contributed by atoms with Gasteiger partial charge in [-0.05, 0) is 24.3 Å². The average Bonchev–Trinajstić information content (AvgIpc) is 2.87. The summed E-state index contributed by atoms with van der Waals surface area (Å²) in [5.74, 6) is 0.563. The Labute approximate surface area is 110 Å². The van der Waals surface area contributed by atoms with Gasteiger partial charge in [0.15, 0.2) is 0 Å². The third-order valence-electron chi connectivity index (χ3n) is 2.48. The minimum atomic E-state index is -0.244. The Bertz CT molecular complexity index is 459. The molecule has 0 amide bonds. The molecule has 0 fully saturated rings. The molecule has 1 unspecified atom stereocenters. The molecule has 1 aromatic carbocycles. The third kappa shape index (κ3) is 2.95. The van der Waals surface area contributed by atoms with Gasteiger partial charge >= 0.3 is 5.97 Å². The standard InChI is InChI=1S/C12H14N2O3S/c1-16-9-5-3-8(4-6-9)12-14-13-10(18-12)7-11(15)17-2/h3-6,10,13H,7H2,1-2H3. The number of methoxy groups -OCH3 is 2. The maximum atomic E-state index is 11.2. The number of benzene rings is 1. The van der Waals surface area contributed by atoms with Crippen LogP contribution in [0.3, 0.4) is 0 Å². The molecule has 1 aromatic rings. The number of carbonyl (C=O) groups is 1. The lowest BCUT2D eigenvalue weighted by atomic mass is 10.2. The Morgan fingerprint density at radius 1 is 1.39 bits per heavy atom. The molecule has 2 rings (SSSR count). The highest BCUT2D eigenvalue weighted by atomic mass is 32.2. The number of rotatable bonds is 4. The molecule has 18 heavy (non-hydrogen) atoms. The first kappa shape index (κ1) is 12.8. The lowest BCUT2D eigenvalue weighted by molar-refractivity contribution is -0.140. The quantitative estimate of drug-likeness (QED) is 0.838. The molecule has 1 aliphatic rings. The Morgan fingerprint density at radius 3 is 2.72 bits per heavy atom. The van der Waals surface area contributed by atoms with Crippen molar-refractivity contribution in [1.82, 2.24) is 5.43 Å². The van der Waals surface area contributed by atoms with Gasteiger partial charge in [0.1, 0.15) is 16.2 Å². The van der Waals surface area contributed by atoms with Crippen LogP contribution in [-0.2, 0) is 9.53 Å². The van der Waals surface area contributed by atoms with Crippen molar-refractivity contribution in [3.63, 3.8) is 0 Å². The number of ether oxygens (including phenoxy) is 2. The number of nitrogens with zero attached hydrogens (tertiary/aromatic N) is 1. The predicted octanol–water partition coefficient (Wildman–Crippen LogP) is 1.58. The zero-order valence-corrected chi connectivity index (χ0v) is 11.0. The summed E-state index contributed by atoms with van der Waals surface area (Å²) in [6, 6.07) is 7.64. The van der Waals surface area contributed by atoms with Crippen LogP contribution in [-0.4, -0.2) is 30.6 Å². The maximum absolute atomic E-state index is 11.2. The fourth-order valence-corrected chi connectivity index (χ4v) is 2.48. The van der Waals surface area contributed by atoms with Crippen molar-refractivity contribution >= 4 is 22.8 Å². The Morgan fingerprint density at radius 2 is 2.11 bits per heavy atom. The van der Waals surface area contributed by atoms with Gasteiger partial charge < -0.3 is 9.47 Å². The van der Waals surface area contributed by atoms with Crippen LogP contribution in [0.2, 0.25) is 0 Å². The van der Waals surface area contributed by atoms with Crippen molar-refractivity contribution in [2.24, 2.45) is 5.10 Å². The zero-order chi connectivity index (χ0) is 13.0. The van der Waals surface area contributed by atoms with E-state index in [1.807, 2.05) is 24.3 Å². The van der Waals surface area contributed by atoms with E-state index in [0.29, 0.717) is 6.42 Å². The lowest BCUT2D eigenvalue weighted by Gasteiger charge is -2.06. The van der Waals surface area contributed by atoms with E-state index in [2.05, 4.69) is 15.3 Å². The number of hydrogen-bond acceptors (Lipinski definition) is 6. The first-order valence-electron chi connectivity index (χ1n) is 5.44. The highest BCUT2D eigenvalue weighted by Crippen LogP contribution is 2.25. The van der Waals surface area contributed by atoms with Gasteiger partial charge in [0.25, 0.3) is 0 Å². The van der Waals surface area contributed by atoms with E-state index < -0.39 is 0 Å². The topological polar surface area (TPSA) is 59.9 Å². The molecule has 96 valence electrons. The van der Waals surface area contributed by atoms with Gasteiger partial charge in [-0.25, -0.2) is 0 Å². The second-order valence-electron chi connectivity index (χ2n) is 3.66. The number of hydrogen-bond donors (Lipinski definition) is 1. The summed E-state index contributed by atoms with van der Waals surface area (Å²) in [5.41, 5.74) is 3.92. The number of carbonyl (C=O) groups excluding carboxylic acids is 1. The molecule has 0 radical (unpaired) electrons. The van der Waals surface area contributed by atoms with Crippen molar-refractivity contribution in [2.75, 3.05) is 14.2 Å². The summed E-state index contributed by atoms with van der Waals surface area (Å²) >= 11 is 1.52. The van der Waals surface area contributed by atoms with E-state index >= 15 is 0 Å². The molecule has 1 heterocycles. The molecular weight excluding hydrogens is 252 g/mol. The molecule has 0 spiro atoms. The molecule has 6 heteroatoms. The average molecular weight is 266 g/mol. The molecule has 0 aliphatic carbocycles. The third-order valence-corrected chi connectivity index (χ3v) is 3.59. The first-order valence-corrected chi connectivity index (χ1v) is 6.32. The van der Waals surface area contributed by atoms with E-state index in [-0.39, 0.29) is 11.3 Å². The van der Waals surface area contributed by atoms with Gasteiger partial charge in [0, 0.05) is 5.56 Å². The second kappa shape index (κ2) is 5.77. The predicted molar refractivity (Wildman–Crippen MR) is 70.7 cm³/mol. The molecule has 0 bridgehead atoms. The van der Waals surface area contributed by atoms with Crippen molar-refractivity contribution in [2.45, 2.75) is 11.8 Å². The summed E-state index contributed by atoms with van der Waals surface area (Å²) in [6.45, 7) is 0. The Balaban J connectivity index is 1.97. The van der Waals surface area contributed by atoms with E-state index in [1.54, 1.807) is 7.11 Å². The minimum Gasteiger partial charge on any atom is -0.497 e. The van der Waals surface area contributed by atoms with Crippen LogP contribution in [0.4, 0.5) is 0 Å². The molecule has 0 saturated carbocycles. The van der Waals surface area contributed by atoms with Gasteiger partial charge in [-0.2, -0.15) is 5.10 Å². The van der Waals surface area contributed by atoms with Crippen LogP contribution in [0.15, 0.2) is 29.4 Å². The smallest absolute Gasteiger partial charge is 0.308 e. The fraction of sp³-hybridized carbons (Fsp3) is 0.333. The highest BCUT2D eigenvalue weighted by Gasteiger charge is 2.23. The fourth-order valence-electron chi connectivity index (χ4n) is 1.51. The molecule has 5 nitrogen and oxygen atoms in total. The van der Waals surface area contributed by atoms with Gasteiger partial charge in [-0.1, -0.05) is 11.8 Å². The van der Waals surface area contributed by atoms with Crippen LogP contribution in [0.5, 0.6) is 5.75 Å². The summed E-state index contributed by atoms with van der Waals surface area (Å²) in [6.07, 6.45) is 0.296. The van der Waals surface area contributed by atoms with Crippen molar-refractivity contribution < 1.29 is 14.3 Å². The molecule has 0 aromatic heterocycles. The van der Waals surface area contributed by atoms with Crippen LogP contribution < -0.4 is 10.2 Å². The molecule has 0 saturated heterocycles. The molecule has 1 N–H and O–H groups in total. The molecule has 1 atom stereocenters. The monoisotopic (exact) mass is 266 g/mol. The van der Waals surface area contributed by atoms with Crippen molar-refractivity contribution in [1.29, 1.82) is 0 Å². The second-order valence-corrected chi connectivity index (χ2v) is 4.85. The van der Waals surface area contributed by atoms with Crippen LogP contribution in [0, 0.1) is 0 Å². The highest BCUT2D eigenvalue weighted by molar-refractivity contribution is 8.15. The van der Waals surface area contributed by atoms with Crippen LogP contribution in [0.25, 0.3) is 0 Å². The number of hydrazone groups is 1. The van der Waals surface area contributed by atoms with Gasteiger partial charge in [0.05, 0.1) is 20.6 Å². The largest absolute Gasteiger partial charge is 0.497 e. The SMILES string of the molecule is COC(=O)CC1NN=C(c2ccc(OC)cc2)S1. The van der Waals surface area contributed by atoms with E-state index in [0.717, 1.165) is 16.4 Å². The lowest BCUT2D eigenvalue weighted by Crippen LogP contribution is -2.20. The summed E-state index contributed by atoms with van der Waals surface area (Å²) in [7, 11) is 3.01. The van der Waals surface area contributed by atoms with Crippen LogP contribution >= 0.6 is 11.8 Å². The zero-order valence-electron chi connectivity index (χ0n) is 10.2. The van der Waals surface area contributed by atoms with E-state index in [1.165, 1.54) is 18.9 Å². The molecular formula is C12H14N2O3S. The number of nitrogens with one attached hydrogen (secondary N) is 1. The maximum Gasteiger partial charge on any atom is 0.308 e. The number of esters is 1. The van der Waals surface area contributed by atoms with Crippen molar-refractivity contribution in [3.8, 4) is 5.75 Å². The summed E-state index contributed by atoms with van der Waals surface area (Å²) in [4.78, 5) is 11.2. The van der Waals surface area contributed by atoms with Crippen molar-refractivity contribution in [3.05, 3.63) is 29.8 Å². The van der Waals surface area contributed by atoms with Gasteiger partial charge in [0.2, 0.25) is 0 Å². The first-order chi connectivity index (χ1) is 8.72. The normalized spacial score (nSPS) is 17.9. The molecule has 1 aliphatic heterocycles. The van der Waals surface area contributed by atoms with Gasteiger partial charge in [-0.3, -0.25) is 10.2 Å². The minimum absolute atomic E-state index is 0.0606. The van der Waals surface area contributed by atoms with E-state index in [4.69, 9.17) is 4.74 Å². The Hall–Kier alpha value is -1.69. The number of thioether (sulfide) groups is 1. The van der Waals surface area contributed by atoms with Crippen LogP contribution in [0.1, 0.15) is 12.0 Å². The summed E-state index contributed by atoms with van der Waals surface area (Å²) in [5, 5.41) is 5.02.